The van der Waals surface area contributed by atoms with Gasteiger partial charge in [0.15, 0.2) is 0 Å². The molecule has 18 heavy (non-hydrogen) atoms. The molecule has 0 unspecified atom stereocenters. The van der Waals surface area contributed by atoms with E-state index in [0.717, 1.165) is 5.69 Å². The van der Waals surface area contributed by atoms with Gasteiger partial charge in [-0.2, -0.15) is 0 Å². The molecule has 0 aromatic carbocycles. The van der Waals surface area contributed by atoms with Crippen LogP contribution in [0.1, 0.15) is 17.1 Å². The van der Waals surface area contributed by atoms with Gasteiger partial charge < -0.3 is 10.3 Å². The van der Waals surface area contributed by atoms with Crippen molar-refractivity contribution in [2.24, 2.45) is 5.73 Å². The first-order valence-corrected chi connectivity index (χ1v) is 5.76. The molecule has 0 radical (unpaired) electrons. The Morgan fingerprint density at radius 1 is 1.39 bits per heavy atom. The normalized spacial score (nSPS) is 10.3. The van der Waals surface area contributed by atoms with Gasteiger partial charge in [0.1, 0.15) is 10.8 Å². The Hall–Kier alpha value is -2.08. The number of hydrogen-bond acceptors (Lipinski definition) is 4. The molecule has 2 aromatic rings. The summed E-state index contributed by atoms with van der Waals surface area (Å²) in [5.74, 6) is 0.572. The van der Waals surface area contributed by atoms with Crippen molar-refractivity contribution in [1.29, 1.82) is 0 Å². The molecule has 0 saturated carbocycles. The number of aromatic nitrogens is 3. The highest BCUT2D eigenvalue weighted by Crippen LogP contribution is 2.01. The summed E-state index contributed by atoms with van der Waals surface area (Å²) in [5, 5.41) is 0. The third-order valence-corrected chi connectivity index (χ3v) is 2.80. The molecule has 0 amide bonds. The highest BCUT2D eigenvalue weighted by molar-refractivity contribution is 7.80. The molecule has 0 bridgehead atoms. The minimum absolute atomic E-state index is 0.0998. The summed E-state index contributed by atoms with van der Waals surface area (Å²) < 4.78 is 1.56. The van der Waals surface area contributed by atoms with Crippen LogP contribution in [0, 0.1) is 6.92 Å². The number of aryl methyl sites for hydroxylation is 1. The Morgan fingerprint density at radius 3 is 2.67 bits per heavy atom. The molecule has 2 N–H and O–H groups in total. The molecule has 5 nitrogen and oxygen atoms in total. The second-order valence-electron chi connectivity index (χ2n) is 3.81. The zero-order valence-corrected chi connectivity index (χ0v) is 10.6. The van der Waals surface area contributed by atoms with Crippen LogP contribution in [-0.2, 0) is 6.54 Å². The van der Waals surface area contributed by atoms with Crippen LogP contribution in [0.15, 0.2) is 35.4 Å². The number of nitrogens with two attached hydrogens (primary N) is 1. The standard InChI is InChI=1S/C12H12N4OS/c1-8-3-4-9(11(13)18)12(17)16(8)7-10-14-5-2-6-15-10/h2-6H,7H2,1H3,(H2,13,18). The predicted molar refractivity (Wildman–Crippen MR) is 72.5 cm³/mol. The molecule has 92 valence electrons. The topological polar surface area (TPSA) is 73.8 Å². The molecule has 2 heterocycles. The van der Waals surface area contributed by atoms with E-state index in [1.54, 1.807) is 35.2 Å². The first-order valence-electron chi connectivity index (χ1n) is 5.35. The van der Waals surface area contributed by atoms with Crippen LogP contribution in [0.2, 0.25) is 0 Å². The predicted octanol–water partition coefficient (Wildman–Crippen LogP) is 0.629. The molecule has 2 aromatic heterocycles. The maximum atomic E-state index is 12.2. The van der Waals surface area contributed by atoms with Gasteiger partial charge in [0, 0.05) is 18.1 Å². The molecule has 6 heteroatoms. The Labute approximate surface area is 109 Å². The minimum atomic E-state index is -0.213. The lowest BCUT2D eigenvalue weighted by molar-refractivity contribution is 0.690. The third-order valence-electron chi connectivity index (χ3n) is 2.58. The Balaban J connectivity index is 2.48. The summed E-state index contributed by atoms with van der Waals surface area (Å²) >= 11 is 4.85. The largest absolute Gasteiger partial charge is 0.389 e. The summed E-state index contributed by atoms with van der Waals surface area (Å²) in [6.07, 6.45) is 3.28. The van der Waals surface area contributed by atoms with Crippen LogP contribution in [0.5, 0.6) is 0 Å². The summed E-state index contributed by atoms with van der Waals surface area (Å²) in [5.41, 5.74) is 6.45. The highest BCUT2D eigenvalue weighted by atomic mass is 32.1. The van der Waals surface area contributed by atoms with Crippen molar-refractivity contribution in [2.75, 3.05) is 0 Å². The van der Waals surface area contributed by atoms with E-state index in [0.29, 0.717) is 17.9 Å². The Bertz CT molecular complexity index is 636. The van der Waals surface area contributed by atoms with E-state index >= 15 is 0 Å². The van der Waals surface area contributed by atoms with E-state index in [4.69, 9.17) is 18.0 Å². The minimum Gasteiger partial charge on any atom is -0.389 e. The molecule has 0 atom stereocenters. The number of hydrogen-bond donors (Lipinski definition) is 1. The first-order chi connectivity index (χ1) is 8.59. The second-order valence-corrected chi connectivity index (χ2v) is 4.25. The van der Waals surface area contributed by atoms with Crippen LogP contribution in [0.25, 0.3) is 0 Å². The molecule has 0 fully saturated rings. The molecule has 0 aliphatic rings. The van der Waals surface area contributed by atoms with Crippen molar-refractivity contribution < 1.29 is 0 Å². The molecule has 2 rings (SSSR count). The Kier molecular flexibility index (Phi) is 3.47. The fourth-order valence-electron chi connectivity index (χ4n) is 1.61. The van der Waals surface area contributed by atoms with Gasteiger partial charge in [-0.05, 0) is 25.1 Å². The van der Waals surface area contributed by atoms with E-state index in [2.05, 4.69) is 9.97 Å². The van der Waals surface area contributed by atoms with Gasteiger partial charge in [-0.15, -0.1) is 0 Å². The fourth-order valence-corrected chi connectivity index (χ4v) is 1.76. The number of pyridine rings is 1. The Morgan fingerprint density at radius 2 is 2.06 bits per heavy atom. The van der Waals surface area contributed by atoms with Crippen molar-refractivity contribution in [1.82, 2.24) is 14.5 Å². The van der Waals surface area contributed by atoms with E-state index in [1.807, 2.05) is 6.92 Å². The van der Waals surface area contributed by atoms with Crippen LogP contribution < -0.4 is 11.3 Å². The maximum Gasteiger partial charge on any atom is 0.261 e. The zero-order chi connectivity index (χ0) is 13.1. The van der Waals surface area contributed by atoms with Gasteiger partial charge in [-0.3, -0.25) is 4.79 Å². The zero-order valence-electron chi connectivity index (χ0n) is 9.83. The third kappa shape index (κ3) is 2.43. The quantitative estimate of drug-likeness (QED) is 0.819. The maximum absolute atomic E-state index is 12.2. The van der Waals surface area contributed by atoms with E-state index in [-0.39, 0.29) is 10.5 Å². The molecular formula is C12H12N4OS. The van der Waals surface area contributed by atoms with Crippen LogP contribution in [0.3, 0.4) is 0 Å². The SMILES string of the molecule is Cc1ccc(C(N)=S)c(=O)n1Cc1ncccn1. The average molecular weight is 260 g/mol. The van der Waals surface area contributed by atoms with Crippen LogP contribution in [0.4, 0.5) is 0 Å². The average Bonchev–Trinajstić information content (AvgIpc) is 2.35. The van der Waals surface area contributed by atoms with Crippen LogP contribution >= 0.6 is 12.2 Å². The summed E-state index contributed by atoms with van der Waals surface area (Å²) in [7, 11) is 0. The molecule has 0 saturated heterocycles. The van der Waals surface area contributed by atoms with Gasteiger partial charge in [0.2, 0.25) is 0 Å². The van der Waals surface area contributed by atoms with Gasteiger partial charge in [-0.1, -0.05) is 12.2 Å². The lowest BCUT2D eigenvalue weighted by Gasteiger charge is -2.10. The summed E-state index contributed by atoms with van der Waals surface area (Å²) in [6.45, 7) is 2.15. The van der Waals surface area contributed by atoms with E-state index in [1.165, 1.54) is 0 Å². The number of nitrogens with zero attached hydrogens (tertiary/aromatic N) is 3. The monoisotopic (exact) mass is 260 g/mol. The van der Waals surface area contributed by atoms with Gasteiger partial charge in [-0.25, -0.2) is 9.97 Å². The summed E-state index contributed by atoms with van der Waals surface area (Å²) in [4.78, 5) is 20.5. The van der Waals surface area contributed by atoms with Crippen LogP contribution in [-0.4, -0.2) is 19.5 Å². The summed E-state index contributed by atoms with van der Waals surface area (Å²) in [6, 6.07) is 5.17. The smallest absolute Gasteiger partial charge is 0.261 e. The van der Waals surface area contributed by atoms with Crippen molar-refractivity contribution >= 4 is 17.2 Å². The van der Waals surface area contributed by atoms with Crippen molar-refractivity contribution in [3.8, 4) is 0 Å². The highest BCUT2D eigenvalue weighted by Gasteiger charge is 2.09. The van der Waals surface area contributed by atoms with Gasteiger partial charge >= 0.3 is 0 Å². The first kappa shape index (κ1) is 12.4. The van der Waals surface area contributed by atoms with Crippen molar-refractivity contribution in [2.45, 2.75) is 13.5 Å². The molecule has 0 spiro atoms. The number of rotatable bonds is 3. The van der Waals surface area contributed by atoms with Gasteiger partial charge in [0.25, 0.3) is 5.56 Å². The molecule has 0 aliphatic heterocycles. The number of thiocarbonyl (C=S) groups is 1. The lowest BCUT2D eigenvalue weighted by Crippen LogP contribution is -2.30. The molecular weight excluding hydrogens is 248 g/mol. The van der Waals surface area contributed by atoms with E-state index in [9.17, 15) is 4.79 Å². The van der Waals surface area contributed by atoms with E-state index < -0.39 is 0 Å². The molecule has 0 aliphatic carbocycles. The van der Waals surface area contributed by atoms with Crippen molar-refractivity contribution in [3.05, 3.63) is 58.0 Å². The fraction of sp³-hybridized carbons (Fsp3) is 0.167. The lowest BCUT2D eigenvalue weighted by atomic mass is 10.2. The van der Waals surface area contributed by atoms with Gasteiger partial charge in [0.05, 0.1) is 12.1 Å². The van der Waals surface area contributed by atoms with Crippen molar-refractivity contribution in [3.63, 3.8) is 0 Å². The second kappa shape index (κ2) is 5.05.